The van der Waals surface area contributed by atoms with Gasteiger partial charge in [-0.05, 0) is 26.0 Å². The minimum atomic E-state index is -0.0883. The number of halogens is 1. The fourth-order valence-corrected chi connectivity index (χ4v) is 2.05. The molecular weight excluding hydrogens is 230 g/mol. The van der Waals surface area contributed by atoms with Crippen molar-refractivity contribution < 1.29 is 0 Å². The minimum Gasteiger partial charge on any atom is -0.261 e. The number of rotatable bonds is 2. The van der Waals surface area contributed by atoms with Crippen molar-refractivity contribution in [3.63, 3.8) is 0 Å². The molecule has 1 atom stereocenters. The molecule has 0 saturated carbocycles. The van der Waals surface area contributed by atoms with Gasteiger partial charge in [-0.25, -0.2) is 0 Å². The molecule has 0 spiro atoms. The van der Waals surface area contributed by atoms with Gasteiger partial charge in [0.1, 0.15) is 10.0 Å². The molecule has 0 aliphatic carbocycles. The molecule has 0 aromatic carbocycles. The van der Waals surface area contributed by atoms with Crippen molar-refractivity contribution in [2.75, 3.05) is 0 Å². The summed E-state index contributed by atoms with van der Waals surface area (Å²) in [5.74, 6) is 0. The Morgan fingerprint density at radius 2 is 2.13 bits per heavy atom. The zero-order chi connectivity index (χ0) is 10.8. The van der Waals surface area contributed by atoms with E-state index in [1.54, 1.807) is 6.20 Å². The van der Waals surface area contributed by atoms with Crippen molar-refractivity contribution in [1.82, 2.24) is 15.2 Å². The van der Waals surface area contributed by atoms with Gasteiger partial charge in [0.05, 0.1) is 5.38 Å². The van der Waals surface area contributed by atoms with Gasteiger partial charge in [0, 0.05) is 17.5 Å². The zero-order valence-electron chi connectivity index (χ0n) is 8.44. The van der Waals surface area contributed by atoms with E-state index in [0.29, 0.717) is 0 Å². The monoisotopic (exact) mass is 239 g/mol. The first-order valence-corrected chi connectivity index (χ1v) is 5.82. The summed E-state index contributed by atoms with van der Waals surface area (Å²) in [7, 11) is 0. The first kappa shape index (κ1) is 10.5. The molecule has 0 amide bonds. The Kier molecular flexibility index (Phi) is 2.98. The smallest absolute Gasteiger partial charge is 0.149 e. The van der Waals surface area contributed by atoms with Crippen molar-refractivity contribution >= 4 is 22.9 Å². The Balaban J connectivity index is 2.33. The van der Waals surface area contributed by atoms with Gasteiger partial charge in [-0.15, -0.1) is 21.8 Å². The van der Waals surface area contributed by atoms with Gasteiger partial charge in [0.25, 0.3) is 0 Å². The number of aryl methyl sites for hydroxylation is 1. The summed E-state index contributed by atoms with van der Waals surface area (Å²) in [6, 6.07) is 3.95. The molecule has 15 heavy (non-hydrogen) atoms. The van der Waals surface area contributed by atoms with Crippen molar-refractivity contribution in [3.8, 4) is 10.6 Å². The van der Waals surface area contributed by atoms with Crippen LogP contribution in [-0.2, 0) is 0 Å². The molecular formula is C10H10ClN3S. The number of hydrogen-bond acceptors (Lipinski definition) is 4. The third kappa shape index (κ3) is 2.33. The Bertz CT molecular complexity index is 450. The van der Waals surface area contributed by atoms with Gasteiger partial charge in [-0.3, -0.25) is 4.98 Å². The van der Waals surface area contributed by atoms with E-state index in [-0.39, 0.29) is 5.38 Å². The summed E-state index contributed by atoms with van der Waals surface area (Å²) in [5.41, 5.74) is 1.98. The largest absolute Gasteiger partial charge is 0.261 e. The van der Waals surface area contributed by atoms with Gasteiger partial charge in [-0.1, -0.05) is 11.3 Å². The van der Waals surface area contributed by atoms with E-state index in [0.717, 1.165) is 21.3 Å². The van der Waals surface area contributed by atoms with Crippen LogP contribution < -0.4 is 0 Å². The predicted molar refractivity (Wildman–Crippen MR) is 62.1 cm³/mol. The van der Waals surface area contributed by atoms with Crippen LogP contribution in [0.1, 0.15) is 23.0 Å². The average molecular weight is 240 g/mol. The lowest BCUT2D eigenvalue weighted by molar-refractivity contribution is 0.962. The van der Waals surface area contributed by atoms with Crippen LogP contribution in [0.5, 0.6) is 0 Å². The molecule has 2 aromatic rings. The molecule has 2 heterocycles. The van der Waals surface area contributed by atoms with Crippen LogP contribution >= 0.6 is 22.9 Å². The van der Waals surface area contributed by atoms with Crippen LogP contribution in [0.15, 0.2) is 18.3 Å². The van der Waals surface area contributed by atoms with E-state index in [2.05, 4.69) is 15.2 Å². The van der Waals surface area contributed by atoms with E-state index < -0.39 is 0 Å². The first-order chi connectivity index (χ1) is 7.16. The standard InChI is InChI=1S/C10H10ClN3S/c1-6-3-4-8(5-12-6)10-14-13-9(15-10)7(2)11/h3-5,7H,1-2H3. The molecule has 0 bridgehead atoms. The van der Waals surface area contributed by atoms with Crippen LogP contribution in [0.2, 0.25) is 0 Å². The Hall–Kier alpha value is -1.00. The number of alkyl halides is 1. The SMILES string of the molecule is Cc1ccc(-c2nnc(C(C)Cl)s2)cn1. The quantitative estimate of drug-likeness (QED) is 0.756. The topological polar surface area (TPSA) is 38.7 Å². The minimum absolute atomic E-state index is 0.0883. The highest BCUT2D eigenvalue weighted by Gasteiger charge is 2.10. The highest BCUT2D eigenvalue weighted by molar-refractivity contribution is 7.15. The number of pyridine rings is 1. The number of aromatic nitrogens is 3. The maximum Gasteiger partial charge on any atom is 0.149 e. The van der Waals surface area contributed by atoms with E-state index in [1.807, 2.05) is 26.0 Å². The Morgan fingerprint density at radius 3 is 2.67 bits per heavy atom. The van der Waals surface area contributed by atoms with Crippen LogP contribution in [0.4, 0.5) is 0 Å². The molecule has 78 valence electrons. The summed E-state index contributed by atoms with van der Waals surface area (Å²) in [4.78, 5) is 4.22. The third-order valence-electron chi connectivity index (χ3n) is 1.94. The fourth-order valence-electron chi connectivity index (χ4n) is 1.11. The lowest BCUT2D eigenvalue weighted by atomic mass is 10.3. The molecule has 2 rings (SSSR count). The number of nitrogens with zero attached hydrogens (tertiary/aromatic N) is 3. The van der Waals surface area contributed by atoms with Crippen molar-refractivity contribution in [2.45, 2.75) is 19.2 Å². The normalized spacial score (nSPS) is 12.7. The van der Waals surface area contributed by atoms with Gasteiger partial charge < -0.3 is 0 Å². The molecule has 0 aliphatic heterocycles. The Labute approximate surface area is 97.2 Å². The lowest BCUT2D eigenvalue weighted by Crippen LogP contribution is -1.82. The average Bonchev–Trinajstić information content (AvgIpc) is 2.68. The maximum atomic E-state index is 5.92. The molecule has 5 heteroatoms. The molecule has 0 saturated heterocycles. The first-order valence-electron chi connectivity index (χ1n) is 4.57. The Morgan fingerprint density at radius 1 is 1.33 bits per heavy atom. The van der Waals surface area contributed by atoms with Crippen LogP contribution in [0.3, 0.4) is 0 Å². The fraction of sp³-hybridized carbons (Fsp3) is 0.300. The molecule has 0 radical (unpaired) electrons. The van der Waals surface area contributed by atoms with Gasteiger partial charge in [0.15, 0.2) is 0 Å². The maximum absolute atomic E-state index is 5.92. The second-order valence-electron chi connectivity index (χ2n) is 3.25. The highest BCUT2D eigenvalue weighted by atomic mass is 35.5. The lowest BCUT2D eigenvalue weighted by Gasteiger charge is -1.95. The number of hydrogen-bond donors (Lipinski definition) is 0. The summed E-state index contributed by atoms with van der Waals surface area (Å²) in [6.07, 6.45) is 1.80. The zero-order valence-corrected chi connectivity index (χ0v) is 10.0. The van der Waals surface area contributed by atoms with Crippen LogP contribution in [0.25, 0.3) is 10.6 Å². The van der Waals surface area contributed by atoms with E-state index in [4.69, 9.17) is 11.6 Å². The van der Waals surface area contributed by atoms with Gasteiger partial charge in [0.2, 0.25) is 0 Å². The molecule has 3 nitrogen and oxygen atoms in total. The van der Waals surface area contributed by atoms with E-state index in [9.17, 15) is 0 Å². The van der Waals surface area contributed by atoms with Gasteiger partial charge in [-0.2, -0.15) is 0 Å². The van der Waals surface area contributed by atoms with Crippen molar-refractivity contribution in [1.29, 1.82) is 0 Å². The second kappa shape index (κ2) is 4.24. The van der Waals surface area contributed by atoms with Gasteiger partial charge >= 0.3 is 0 Å². The summed E-state index contributed by atoms with van der Waals surface area (Å²) < 4.78 is 0. The third-order valence-corrected chi connectivity index (χ3v) is 3.43. The summed E-state index contributed by atoms with van der Waals surface area (Å²) >= 11 is 7.43. The van der Waals surface area contributed by atoms with Crippen molar-refractivity contribution in [2.24, 2.45) is 0 Å². The predicted octanol–water partition coefficient (Wildman–Crippen LogP) is 3.21. The molecule has 0 fully saturated rings. The molecule has 0 aliphatic rings. The van der Waals surface area contributed by atoms with Crippen LogP contribution in [-0.4, -0.2) is 15.2 Å². The van der Waals surface area contributed by atoms with E-state index >= 15 is 0 Å². The van der Waals surface area contributed by atoms with Crippen LogP contribution in [0, 0.1) is 6.92 Å². The van der Waals surface area contributed by atoms with Crippen molar-refractivity contribution in [3.05, 3.63) is 29.0 Å². The summed E-state index contributed by atoms with van der Waals surface area (Å²) in [5, 5.41) is 9.72. The second-order valence-corrected chi connectivity index (χ2v) is 4.91. The molecule has 2 aromatic heterocycles. The van der Waals surface area contributed by atoms with E-state index in [1.165, 1.54) is 11.3 Å². The summed E-state index contributed by atoms with van der Waals surface area (Å²) in [6.45, 7) is 3.84. The highest BCUT2D eigenvalue weighted by Crippen LogP contribution is 2.28. The molecule has 0 N–H and O–H groups in total. The molecule has 1 unspecified atom stereocenters.